The standard InChI is InChI=1S/C50H35N/c1-3-12-36(13-4-1)42-19-11-20-43(34-42)38-22-28-45(29-23-38)51(47-32-24-37-14-7-8-18-44(37)35-47)46-30-25-41(26-31-46)50-48-21-10-9-17-40(48)27-33-49(50)39-15-5-2-6-16-39/h1-35H/i22D,23D,28D,29D. The third kappa shape index (κ3) is 5.96. The molecule has 0 amide bonds. The van der Waals surface area contributed by atoms with Gasteiger partial charge in [0.15, 0.2) is 0 Å². The Morgan fingerprint density at radius 1 is 0.314 bits per heavy atom. The minimum absolute atomic E-state index is 0.0909. The second-order valence-electron chi connectivity index (χ2n) is 12.7. The number of rotatable bonds is 7. The van der Waals surface area contributed by atoms with Gasteiger partial charge in [-0.05, 0) is 108 Å². The summed E-state index contributed by atoms with van der Waals surface area (Å²) in [5.74, 6) is 0. The van der Waals surface area contributed by atoms with Crippen LogP contribution in [0.25, 0.3) is 66.1 Å². The molecule has 9 aromatic carbocycles. The normalized spacial score (nSPS) is 12.2. The molecule has 0 aliphatic heterocycles. The van der Waals surface area contributed by atoms with Crippen LogP contribution in [-0.4, -0.2) is 0 Å². The molecule has 0 saturated heterocycles. The summed E-state index contributed by atoms with van der Waals surface area (Å²) in [5.41, 5.74) is 8.93. The van der Waals surface area contributed by atoms with Crippen molar-refractivity contribution in [2.75, 3.05) is 4.90 Å². The number of fused-ring (bicyclic) bond motifs is 2. The Hall–Kier alpha value is -6.70. The SMILES string of the molecule is [2H]c1c([2H])c(N(c2ccc(-c3c(-c4ccccc4)ccc4ccccc34)cc2)c2ccc3ccccc3c2)c([2H])c([2H])c1-c1cccc(-c2ccccc2)c1. The molecule has 0 spiro atoms. The highest BCUT2D eigenvalue weighted by Gasteiger charge is 2.16. The van der Waals surface area contributed by atoms with E-state index < -0.39 is 0 Å². The molecule has 0 aliphatic carbocycles. The van der Waals surface area contributed by atoms with Gasteiger partial charge in [0, 0.05) is 17.1 Å². The molecule has 9 aromatic rings. The Balaban J connectivity index is 1.22. The van der Waals surface area contributed by atoms with E-state index in [1.807, 2.05) is 114 Å². The van der Waals surface area contributed by atoms with Gasteiger partial charge in [0.2, 0.25) is 0 Å². The summed E-state index contributed by atoms with van der Waals surface area (Å²) in [6.45, 7) is 0. The topological polar surface area (TPSA) is 3.24 Å². The molecule has 240 valence electrons. The minimum atomic E-state index is -0.112. The lowest BCUT2D eigenvalue weighted by Crippen LogP contribution is -2.09. The summed E-state index contributed by atoms with van der Waals surface area (Å²) in [6.07, 6.45) is 0. The zero-order valence-electron chi connectivity index (χ0n) is 31.8. The van der Waals surface area contributed by atoms with Crippen molar-refractivity contribution in [3.63, 3.8) is 0 Å². The maximum Gasteiger partial charge on any atom is 0.0645 e. The zero-order valence-corrected chi connectivity index (χ0v) is 27.8. The average Bonchev–Trinajstić information content (AvgIpc) is 3.25. The smallest absolute Gasteiger partial charge is 0.0645 e. The maximum atomic E-state index is 9.49. The van der Waals surface area contributed by atoms with Gasteiger partial charge in [-0.15, -0.1) is 0 Å². The number of hydrogen-bond acceptors (Lipinski definition) is 1. The fourth-order valence-corrected chi connectivity index (χ4v) is 6.99. The van der Waals surface area contributed by atoms with Crippen LogP contribution in [0.5, 0.6) is 0 Å². The Morgan fingerprint density at radius 2 is 0.882 bits per heavy atom. The van der Waals surface area contributed by atoms with E-state index in [9.17, 15) is 5.48 Å². The summed E-state index contributed by atoms with van der Waals surface area (Å²) >= 11 is 0. The van der Waals surface area contributed by atoms with Crippen molar-refractivity contribution in [1.82, 2.24) is 0 Å². The monoisotopic (exact) mass is 653 g/mol. The van der Waals surface area contributed by atoms with Crippen molar-refractivity contribution < 1.29 is 5.48 Å². The van der Waals surface area contributed by atoms with Crippen molar-refractivity contribution in [3.8, 4) is 44.5 Å². The van der Waals surface area contributed by atoms with Gasteiger partial charge in [0.25, 0.3) is 0 Å². The van der Waals surface area contributed by atoms with E-state index >= 15 is 0 Å². The first-order valence-corrected chi connectivity index (χ1v) is 17.2. The van der Waals surface area contributed by atoms with Gasteiger partial charge < -0.3 is 4.90 Å². The van der Waals surface area contributed by atoms with Crippen LogP contribution in [0.3, 0.4) is 0 Å². The van der Waals surface area contributed by atoms with Crippen LogP contribution >= 0.6 is 0 Å². The van der Waals surface area contributed by atoms with E-state index in [4.69, 9.17) is 0 Å². The van der Waals surface area contributed by atoms with Crippen LogP contribution in [0.2, 0.25) is 0 Å². The second kappa shape index (κ2) is 13.3. The van der Waals surface area contributed by atoms with Crippen LogP contribution in [0, 0.1) is 0 Å². The van der Waals surface area contributed by atoms with Crippen molar-refractivity contribution >= 4 is 38.6 Å². The van der Waals surface area contributed by atoms with Gasteiger partial charge in [-0.3, -0.25) is 0 Å². The third-order valence-electron chi connectivity index (χ3n) is 9.51. The molecule has 9 rings (SSSR count). The molecule has 0 unspecified atom stereocenters. The van der Waals surface area contributed by atoms with Gasteiger partial charge in [-0.1, -0.05) is 170 Å². The molecule has 1 nitrogen and oxygen atoms in total. The van der Waals surface area contributed by atoms with Crippen LogP contribution in [-0.2, 0) is 0 Å². The van der Waals surface area contributed by atoms with Gasteiger partial charge in [0.05, 0.1) is 5.48 Å². The molecule has 0 N–H and O–H groups in total. The molecule has 0 radical (unpaired) electrons. The number of hydrogen-bond donors (Lipinski definition) is 0. The molecule has 1 heteroatoms. The molecule has 0 atom stereocenters. The highest BCUT2D eigenvalue weighted by atomic mass is 15.1. The predicted molar refractivity (Wildman–Crippen MR) is 218 cm³/mol. The van der Waals surface area contributed by atoms with Gasteiger partial charge >= 0.3 is 0 Å². The van der Waals surface area contributed by atoms with Crippen LogP contribution < -0.4 is 4.90 Å². The van der Waals surface area contributed by atoms with Crippen molar-refractivity contribution in [2.45, 2.75) is 0 Å². The first-order valence-electron chi connectivity index (χ1n) is 19.2. The van der Waals surface area contributed by atoms with Gasteiger partial charge in [-0.25, -0.2) is 0 Å². The van der Waals surface area contributed by atoms with E-state index in [1.165, 1.54) is 0 Å². The molecule has 0 fully saturated rings. The lowest BCUT2D eigenvalue weighted by Gasteiger charge is -2.26. The molecular formula is C50H35N. The second-order valence-corrected chi connectivity index (χ2v) is 12.7. The minimum Gasteiger partial charge on any atom is -0.310 e. The lowest BCUT2D eigenvalue weighted by atomic mass is 9.89. The van der Waals surface area contributed by atoms with E-state index in [2.05, 4.69) is 78.9 Å². The Bertz CT molecular complexity index is 2820. The Kier molecular flexibility index (Phi) is 6.84. The van der Waals surface area contributed by atoms with E-state index in [1.54, 1.807) is 0 Å². The van der Waals surface area contributed by atoms with Crippen LogP contribution in [0.4, 0.5) is 17.1 Å². The third-order valence-corrected chi connectivity index (χ3v) is 9.51. The van der Waals surface area contributed by atoms with Gasteiger partial charge in [-0.2, -0.15) is 0 Å². The van der Waals surface area contributed by atoms with Crippen LogP contribution in [0.1, 0.15) is 5.48 Å². The van der Waals surface area contributed by atoms with Gasteiger partial charge in [0.1, 0.15) is 0 Å². The number of anilines is 3. The van der Waals surface area contributed by atoms with E-state index in [0.717, 1.165) is 66.3 Å². The molecule has 0 heterocycles. The summed E-state index contributed by atoms with van der Waals surface area (Å²) in [7, 11) is 0. The van der Waals surface area contributed by atoms with Crippen LogP contribution in [0.15, 0.2) is 212 Å². The molecule has 0 aliphatic rings. The van der Waals surface area contributed by atoms with Crippen molar-refractivity contribution in [3.05, 3.63) is 212 Å². The van der Waals surface area contributed by atoms with E-state index in [-0.39, 0.29) is 35.4 Å². The summed E-state index contributed by atoms with van der Waals surface area (Å²) < 4.78 is 37.7. The number of benzene rings is 9. The quantitative estimate of drug-likeness (QED) is 0.165. The van der Waals surface area contributed by atoms with Crippen molar-refractivity contribution in [2.24, 2.45) is 0 Å². The Morgan fingerprint density at radius 3 is 1.63 bits per heavy atom. The summed E-state index contributed by atoms with van der Waals surface area (Å²) in [5, 5.41) is 4.38. The first-order chi connectivity index (χ1) is 27.0. The first kappa shape index (κ1) is 26.2. The molecular weight excluding hydrogens is 615 g/mol. The summed E-state index contributed by atoms with van der Waals surface area (Å²) in [6, 6.07) is 62.8. The predicted octanol–water partition coefficient (Wildman–Crippen LogP) is 14.1. The molecule has 0 aromatic heterocycles. The van der Waals surface area contributed by atoms with Crippen molar-refractivity contribution in [1.29, 1.82) is 0 Å². The fourth-order valence-electron chi connectivity index (χ4n) is 6.99. The highest BCUT2D eigenvalue weighted by Crippen LogP contribution is 2.41. The average molecular weight is 654 g/mol. The highest BCUT2D eigenvalue weighted by molar-refractivity contribution is 6.04. The zero-order chi connectivity index (χ0) is 37.5. The largest absolute Gasteiger partial charge is 0.310 e. The van der Waals surface area contributed by atoms with E-state index in [0.29, 0.717) is 5.56 Å². The molecule has 51 heavy (non-hydrogen) atoms. The molecule has 0 bridgehead atoms. The number of nitrogens with zero attached hydrogens (tertiary/aromatic N) is 1. The summed E-state index contributed by atoms with van der Waals surface area (Å²) in [4.78, 5) is 1.86. The molecule has 0 saturated carbocycles. The Labute approximate surface area is 305 Å². The maximum absolute atomic E-state index is 9.49. The fraction of sp³-hybridized carbons (Fsp3) is 0. The lowest BCUT2D eigenvalue weighted by molar-refractivity contribution is 1.29.